The van der Waals surface area contributed by atoms with Crippen LogP contribution in [0.15, 0.2) is 35.9 Å². The van der Waals surface area contributed by atoms with Crippen molar-refractivity contribution in [1.29, 1.82) is 0 Å². The molecule has 5 heteroatoms. The van der Waals surface area contributed by atoms with Gasteiger partial charge in [-0.15, -0.1) is 6.58 Å². The van der Waals surface area contributed by atoms with Crippen LogP contribution in [0.1, 0.15) is 20.8 Å². The maximum Gasteiger partial charge on any atom is 0.408 e. The molecule has 1 N–H and O–H groups in total. The summed E-state index contributed by atoms with van der Waals surface area (Å²) < 4.78 is 4.62. The number of amides is 1. The number of halogens is 2. The van der Waals surface area contributed by atoms with E-state index in [-0.39, 0.29) is 6.04 Å². The number of carbonyl (C=O) groups is 1. The average molecular weight is 335 g/mol. The molecule has 1 amide bonds. The third-order valence-electron chi connectivity index (χ3n) is 2.22. The number of nitrogens with one attached hydrogen (secondary N) is 1. The molecule has 100 valence electrons. The van der Waals surface area contributed by atoms with Crippen LogP contribution in [-0.2, 0) is 4.74 Å². The summed E-state index contributed by atoms with van der Waals surface area (Å²) in [6.45, 7) is 9.14. The van der Waals surface area contributed by atoms with E-state index in [1.807, 2.05) is 32.9 Å². The number of ether oxygens (including phenoxy) is 1. The highest BCUT2D eigenvalue weighted by Gasteiger charge is 2.28. The lowest BCUT2D eigenvalue weighted by molar-refractivity contribution is 0.0522. The van der Waals surface area contributed by atoms with Gasteiger partial charge in [0.1, 0.15) is 5.60 Å². The van der Waals surface area contributed by atoms with Crippen molar-refractivity contribution in [3.63, 3.8) is 0 Å². The minimum atomic E-state index is -0.541. The van der Waals surface area contributed by atoms with E-state index in [9.17, 15) is 4.79 Å². The molecule has 1 aliphatic rings. The predicted octanol–water partition coefficient (Wildman–Crippen LogP) is 3.89. The molecule has 18 heavy (non-hydrogen) atoms. The van der Waals surface area contributed by atoms with Crippen LogP contribution in [0.4, 0.5) is 4.79 Å². The number of hydrogen-bond acceptors (Lipinski definition) is 2. The van der Waals surface area contributed by atoms with Crippen LogP contribution in [0.25, 0.3) is 0 Å². The lowest BCUT2D eigenvalue weighted by Gasteiger charge is -2.26. The SMILES string of the molecule is C=CC1(Br)C=CC(NC(=O)OC(C)(C)C)C=C1Cl. The van der Waals surface area contributed by atoms with Gasteiger partial charge in [0.05, 0.1) is 10.4 Å². The molecule has 0 saturated carbocycles. The molecular formula is C13H17BrClNO2. The topological polar surface area (TPSA) is 38.3 Å². The molecule has 2 unspecified atom stereocenters. The summed E-state index contributed by atoms with van der Waals surface area (Å²) in [5.74, 6) is 0. The van der Waals surface area contributed by atoms with Gasteiger partial charge in [-0.2, -0.15) is 0 Å². The van der Waals surface area contributed by atoms with Gasteiger partial charge >= 0.3 is 6.09 Å². The van der Waals surface area contributed by atoms with Gasteiger partial charge in [-0.25, -0.2) is 4.79 Å². The highest BCUT2D eigenvalue weighted by Crippen LogP contribution is 2.36. The predicted molar refractivity (Wildman–Crippen MR) is 78.1 cm³/mol. The molecule has 0 aliphatic heterocycles. The van der Waals surface area contributed by atoms with Crippen molar-refractivity contribution in [2.45, 2.75) is 36.7 Å². The van der Waals surface area contributed by atoms with Crippen LogP contribution in [-0.4, -0.2) is 22.1 Å². The van der Waals surface area contributed by atoms with E-state index in [1.54, 1.807) is 12.2 Å². The summed E-state index contributed by atoms with van der Waals surface area (Å²) in [5, 5.41) is 3.26. The first kappa shape index (κ1) is 15.3. The summed E-state index contributed by atoms with van der Waals surface area (Å²) in [4.78, 5) is 11.6. The van der Waals surface area contributed by atoms with Gasteiger partial charge in [-0.3, -0.25) is 0 Å². The van der Waals surface area contributed by atoms with Gasteiger partial charge in [0, 0.05) is 5.03 Å². The average Bonchev–Trinajstić information content (AvgIpc) is 2.21. The highest BCUT2D eigenvalue weighted by atomic mass is 79.9. The van der Waals surface area contributed by atoms with E-state index in [1.165, 1.54) is 0 Å². The first-order valence-corrected chi connectivity index (χ1v) is 6.72. The van der Waals surface area contributed by atoms with E-state index < -0.39 is 16.0 Å². The number of rotatable bonds is 2. The lowest BCUT2D eigenvalue weighted by atomic mass is 10.0. The fourth-order valence-electron chi connectivity index (χ4n) is 1.36. The Balaban J connectivity index is 2.65. The molecule has 0 aromatic carbocycles. The monoisotopic (exact) mass is 333 g/mol. The number of hydrogen-bond donors (Lipinski definition) is 1. The first-order chi connectivity index (χ1) is 8.16. The van der Waals surface area contributed by atoms with Crippen molar-refractivity contribution >= 4 is 33.6 Å². The van der Waals surface area contributed by atoms with Crippen molar-refractivity contribution in [1.82, 2.24) is 5.32 Å². The Bertz CT molecular complexity index is 412. The van der Waals surface area contributed by atoms with Crippen LogP contribution in [0.5, 0.6) is 0 Å². The quantitative estimate of drug-likeness (QED) is 0.614. The summed E-state index contributed by atoms with van der Waals surface area (Å²) in [7, 11) is 0. The summed E-state index contributed by atoms with van der Waals surface area (Å²) >= 11 is 9.59. The molecule has 0 aromatic heterocycles. The summed E-state index contributed by atoms with van der Waals surface area (Å²) in [6.07, 6.45) is 6.61. The smallest absolute Gasteiger partial charge is 0.408 e. The van der Waals surface area contributed by atoms with Crippen LogP contribution >= 0.6 is 27.5 Å². The molecule has 0 saturated heterocycles. The van der Waals surface area contributed by atoms with E-state index in [2.05, 4.69) is 27.8 Å². The second-order valence-corrected chi connectivity index (χ2v) is 6.74. The minimum absolute atomic E-state index is 0.280. The Morgan fingerprint density at radius 1 is 1.67 bits per heavy atom. The first-order valence-electron chi connectivity index (χ1n) is 5.55. The maximum atomic E-state index is 11.6. The van der Waals surface area contributed by atoms with Gasteiger partial charge in [-0.1, -0.05) is 45.8 Å². The van der Waals surface area contributed by atoms with E-state index in [0.29, 0.717) is 5.03 Å². The third-order valence-corrected chi connectivity index (χ3v) is 3.90. The Kier molecular flexibility index (Phi) is 4.67. The normalized spacial score (nSPS) is 27.4. The molecule has 2 atom stereocenters. The summed E-state index contributed by atoms with van der Waals surface area (Å²) in [6, 6.07) is -0.280. The van der Waals surface area contributed by atoms with Gasteiger partial charge < -0.3 is 10.1 Å². The zero-order valence-corrected chi connectivity index (χ0v) is 13.0. The second kappa shape index (κ2) is 5.49. The minimum Gasteiger partial charge on any atom is -0.444 e. The van der Waals surface area contributed by atoms with Crippen molar-refractivity contribution in [2.75, 3.05) is 0 Å². The number of alkyl carbamates (subject to hydrolysis) is 1. The molecular weight excluding hydrogens is 318 g/mol. The molecule has 0 fully saturated rings. The molecule has 0 spiro atoms. The van der Waals surface area contributed by atoms with Crippen molar-refractivity contribution in [2.24, 2.45) is 0 Å². The fourth-order valence-corrected chi connectivity index (χ4v) is 1.92. The molecule has 0 bridgehead atoms. The number of carbonyl (C=O) groups excluding carboxylic acids is 1. The molecule has 1 rings (SSSR count). The van der Waals surface area contributed by atoms with Gasteiger partial charge in [0.2, 0.25) is 0 Å². The van der Waals surface area contributed by atoms with Gasteiger partial charge in [0.15, 0.2) is 0 Å². The molecule has 3 nitrogen and oxygen atoms in total. The van der Waals surface area contributed by atoms with Crippen molar-refractivity contribution < 1.29 is 9.53 Å². The Morgan fingerprint density at radius 3 is 2.72 bits per heavy atom. The molecule has 0 aromatic rings. The number of alkyl halides is 1. The zero-order valence-electron chi connectivity index (χ0n) is 10.7. The van der Waals surface area contributed by atoms with Gasteiger partial charge in [0.25, 0.3) is 0 Å². The van der Waals surface area contributed by atoms with Crippen molar-refractivity contribution in [3.05, 3.63) is 35.9 Å². The maximum absolute atomic E-state index is 11.6. The van der Waals surface area contributed by atoms with Crippen molar-refractivity contribution in [3.8, 4) is 0 Å². The van der Waals surface area contributed by atoms with E-state index in [4.69, 9.17) is 16.3 Å². The Morgan fingerprint density at radius 2 is 2.28 bits per heavy atom. The largest absolute Gasteiger partial charge is 0.444 e. The lowest BCUT2D eigenvalue weighted by Crippen LogP contribution is -2.39. The third kappa shape index (κ3) is 4.18. The van der Waals surface area contributed by atoms with E-state index in [0.717, 1.165) is 0 Å². The Hall–Kier alpha value is -0.740. The van der Waals surface area contributed by atoms with Gasteiger partial charge in [-0.05, 0) is 26.8 Å². The van der Waals surface area contributed by atoms with Crippen LogP contribution in [0.3, 0.4) is 0 Å². The van der Waals surface area contributed by atoms with Crippen LogP contribution in [0, 0.1) is 0 Å². The number of allylic oxidation sites excluding steroid dienone is 3. The van der Waals surface area contributed by atoms with Crippen LogP contribution in [0.2, 0.25) is 0 Å². The molecule has 0 heterocycles. The fraction of sp³-hybridized carbons (Fsp3) is 0.462. The molecule has 1 aliphatic carbocycles. The Labute approximate surface area is 121 Å². The zero-order chi connectivity index (χ0) is 14.0. The highest BCUT2D eigenvalue weighted by molar-refractivity contribution is 9.10. The standard InChI is InChI=1S/C13H17BrClNO2/c1-5-13(14)7-6-9(8-10(13)15)16-11(17)18-12(2,3)4/h5-9H,1H2,2-4H3,(H,16,17). The molecule has 0 radical (unpaired) electrons. The van der Waals surface area contributed by atoms with Crippen LogP contribution < -0.4 is 5.32 Å². The summed E-state index contributed by atoms with van der Waals surface area (Å²) in [5.41, 5.74) is -0.518. The second-order valence-electron chi connectivity index (χ2n) is 5.02. The van der Waals surface area contributed by atoms with E-state index >= 15 is 0 Å².